The number of nitrogens with zero attached hydrogens (tertiary/aromatic N) is 3. The minimum atomic E-state index is -0.949. The number of carbonyl (C=O) groups excluding carboxylic acids is 1. The van der Waals surface area contributed by atoms with Gasteiger partial charge in [-0.15, -0.1) is 0 Å². The first-order valence-corrected chi connectivity index (χ1v) is 7.94. The second-order valence-corrected chi connectivity index (χ2v) is 5.56. The molecule has 9 nitrogen and oxygen atoms in total. The molecule has 27 heavy (non-hydrogen) atoms. The van der Waals surface area contributed by atoms with Gasteiger partial charge < -0.3 is 14.8 Å². The fraction of sp³-hybridized carbons (Fsp3) is 0.111. The van der Waals surface area contributed by atoms with Gasteiger partial charge in [0.25, 0.3) is 5.69 Å². The molecule has 9 heteroatoms. The van der Waals surface area contributed by atoms with Crippen LogP contribution in [0, 0.1) is 17.0 Å². The molecule has 0 aliphatic rings. The predicted molar refractivity (Wildman–Crippen MR) is 97.4 cm³/mol. The lowest BCUT2D eigenvalue weighted by Gasteiger charge is -2.10. The number of benzene rings is 2. The number of para-hydroxylation sites is 3. The summed E-state index contributed by atoms with van der Waals surface area (Å²) in [7, 11) is 1.59. The highest BCUT2D eigenvalue weighted by atomic mass is 16.7. The van der Waals surface area contributed by atoms with E-state index in [0.29, 0.717) is 17.1 Å². The lowest BCUT2D eigenvalue weighted by Crippen LogP contribution is -2.16. The minimum Gasteiger partial charge on any atom is -0.395 e. The first-order chi connectivity index (χ1) is 13.0. The van der Waals surface area contributed by atoms with Crippen molar-refractivity contribution < 1.29 is 19.2 Å². The third-order valence-electron chi connectivity index (χ3n) is 3.65. The van der Waals surface area contributed by atoms with Crippen molar-refractivity contribution in [2.45, 2.75) is 6.92 Å². The van der Waals surface area contributed by atoms with Crippen molar-refractivity contribution in [3.8, 4) is 11.6 Å². The van der Waals surface area contributed by atoms with E-state index in [1.54, 1.807) is 62.5 Å². The average molecular weight is 368 g/mol. The van der Waals surface area contributed by atoms with Gasteiger partial charge >= 0.3 is 6.16 Å². The highest BCUT2D eigenvalue weighted by Crippen LogP contribution is 2.34. The van der Waals surface area contributed by atoms with E-state index in [1.807, 2.05) is 0 Å². The number of aromatic nitrogens is 2. The summed E-state index contributed by atoms with van der Waals surface area (Å²) in [5.41, 5.74) is 0.966. The zero-order valence-electron chi connectivity index (χ0n) is 14.6. The first-order valence-electron chi connectivity index (χ1n) is 7.94. The number of rotatable bonds is 5. The molecule has 3 aromatic rings. The Morgan fingerprint density at radius 2 is 1.78 bits per heavy atom. The molecule has 2 aromatic carbocycles. The van der Waals surface area contributed by atoms with Crippen LogP contribution in [0.2, 0.25) is 0 Å². The quantitative estimate of drug-likeness (QED) is 0.314. The van der Waals surface area contributed by atoms with Crippen molar-refractivity contribution in [2.75, 3.05) is 5.32 Å². The predicted octanol–water partition coefficient (Wildman–Crippen LogP) is 3.96. The van der Waals surface area contributed by atoms with Crippen LogP contribution < -0.4 is 14.8 Å². The number of nitro benzene ring substituents is 1. The van der Waals surface area contributed by atoms with E-state index in [4.69, 9.17) is 9.47 Å². The van der Waals surface area contributed by atoms with Crippen LogP contribution in [0.1, 0.15) is 5.69 Å². The maximum Gasteiger partial charge on any atom is 0.520 e. The summed E-state index contributed by atoms with van der Waals surface area (Å²) < 4.78 is 11.7. The van der Waals surface area contributed by atoms with Crippen LogP contribution in [-0.2, 0) is 7.05 Å². The zero-order chi connectivity index (χ0) is 19.4. The van der Waals surface area contributed by atoms with Gasteiger partial charge in [-0.2, -0.15) is 5.10 Å². The molecule has 1 heterocycles. The second kappa shape index (κ2) is 7.56. The fourth-order valence-electron chi connectivity index (χ4n) is 2.46. The van der Waals surface area contributed by atoms with E-state index >= 15 is 0 Å². The van der Waals surface area contributed by atoms with Crippen molar-refractivity contribution in [2.24, 2.45) is 7.05 Å². The normalized spacial score (nSPS) is 10.3. The molecule has 0 aliphatic carbocycles. The number of carbonyl (C=O) groups is 1. The van der Waals surface area contributed by atoms with Crippen LogP contribution in [0.5, 0.6) is 11.6 Å². The molecule has 0 fully saturated rings. The average Bonchev–Trinajstić information content (AvgIpc) is 2.90. The van der Waals surface area contributed by atoms with Gasteiger partial charge in [-0.1, -0.05) is 30.3 Å². The molecule has 0 aliphatic heterocycles. The van der Waals surface area contributed by atoms with E-state index in [2.05, 4.69) is 10.4 Å². The van der Waals surface area contributed by atoms with Gasteiger partial charge in [-0.05, 0) is 25.1 Å². The monoisotopic (exact) mass is 368 g/mol. The molecule has 0 unspecified atom stereocenters. The molecule has 0 spiro atoms. The highest BCUT2D eigenvalue weighted by molar-refractivity contribution is 5.76. The molecule has 0 radical (unpaired) electrons. The van der Waals surface area contributed by atoms with Gasteiger partial charge in [0.15, 0.2) is 0 Å². The Morgan fingerprint density at radius 1 is 1.11 bits per heavy atom. The topological polar surface area (TPSA) is 109 Å². The van der Waals surface area contributed by atoms with Gasteiger partial charge in [0.2, 0.25) is 5.88 Å². The summed E-state index contributed by atoms with van der Waals surface area (Å²) in [5, 5.41) is 18.3. The zero-order valence-corrected chi connectivity index (χ0v) is 14.6. The van der Waals surface area contributed by atoms with E-state index in [-0.39, 0.29) is 17.3 Å². The van der Waals surface area contributed by atoms with Crippen LogP contribution >= 0.6 is 0 Å². The second-order valence-electron chi connectivity index (χ2n) is 5.56. The smallest absolute Gasteiger partial charge is 0.395 e. The van der Waals surface area contributed by atoms with Crippen LogP contribution in [0.25, 0.3) is 0 Å². The molecule has 3 rings (SSSR count). The third kappa shape index (κ3) is 4.03. The van der Waals surface area contributed by atoms with Crippen molar-refractivity contribution in [3.05, 3.63) is 70.4 Å². The summed E-state index contributed by atoms with van der Waals surface area (Å²) in [4.78, 5) is 22.8. The Labute approximate surface area is 154 Å². The molecule has 0 atom stereocenters. The lowest BCUT2D eigenvalue weighted by atomic mass is 10.2. The molecule has 0 bridgehead atoms. The lowest BCUT2D eigenvalue weighted by molar-refractivity contribution is -0.383. The van der Waals surface area contributed by atoms with Gasteiger partial charge in [0, 0.05) is 13.1 Å². The van der Waals surface area contributed by atoms with Crippen LogP contribution in [0.4, 0.5) is 21.9 Å². The largest absolute Gasteiger partial charge is 0.520 e. The maximum absolute atomic E-state index is 12.1. The van der Waals surface area contributed by atoms with Gasteiger partial charge in [-0.25, -0.2) is 9.48 Å². The molecule has 138 valence electrons. The summed E-state index contributed by atoms with van der Waals surface area (Å²) in [5.74, 6) is 0.404. The number of hydrogen-bond acceptors (Lipinski definition) is 7. The standard InChI is InChI=1S/C18H16N4O5/c1-12-16(19-14-10-6-7-11-15(14)22(24)25)17(21(2)20-12)27-18(23)26-13-8-4-3-5-9-13/h3-11,19H,1-2H3. The Bertz CT molecular complexity index is 985. The van der Waals surface area contributed by atoms with E-state index in [0.717, 1.165) is 0 Å². The van der Waals surface area contributed by atoms with Crippen LogP contribution in [-0.4, -0.2) is 20.9 Å². The molecule has 1 N–H and O–H groups in total. The maximum atomic E-state index is 12.1. The number of nitrogens with one attached hydrogen (secondary N) is 1. The molecule has 0 amide bonds. The van der Waals surface area contributed by atoms with Gasteiger partial charge in [-0.3, -0.25) is 10.1 Å². The number of nitro groups is 1. The summed E-state index contributed by atoms with van der Waals surface area (Å²) in [6.45, 7) is 1.69. The molecule has 1 aromatic heterocycles. The Morgan fingerprint density at radius 3 is 2.48 bits per heavy atom. The Hall–Kier alpha value is -3.88. The number of anilines is 2. The van der Waals surface area contributed by atoms with E-state index < -0.39 is 11.1 Å². The number of ether oxygens (including phenoxy) is 2. The summed E-state index contributed by atoms with van der Waals surface area (Å²) in [6.07, 6.45) is -0.949. The first kappa shape index (κ1) is 17.9. The molecule has 0 saturated carbocycles. The van der Waals surface area contributed by atoms with Gasteiger partial charge in [0.1, 0.15) is 17.1 Å². The number of hydrogen-bond donors (Lipinski definition) is 1. The summed E-state index contributed by atoms with van der Waals surface area (Å²) >= 11 is 0. The Balaban J connectivity index is 1.86. The highest BCUT2D eigenvalue weighted by Gasteiger charge is 2.22. The summed E-state index contributed by atoms with van der Waals surface area (Å²) in [6, 6.07) is 14.6. The molecule has 0 saturated heterocycles. The van der Waals surface area contributed by atoms with Crippen molar-refractivity contribution >= 4 is 23.2 Å². The van der Waals surface area contributed by atoms with Crippen molar-refractivity contribution in [1.29, 1.82) is 0 Å². The third-order valence-corrected chi connectivity index (χ3v) is 3.65. The van der Waals surface area contributed by atoms with Crippen molar-refractivity contribution in [3.63, 3.8) is 0 Å². The fourth-order valence-corrected chi connectivity index (χ4v) is 2.46. The van der Waals surface area contributed by atoms with Crippen LogP contribution in [0.15, 0.2) is 54.6 Å². The number of aryl methyl sites for hydroxylation is 2. The molecular formula is C18H16N4O5. The van der Waals surface area contributed by atoms with Crippen molar-refractivity contribution in [1.82, 2.24) is 9.78 Å². The van der Waals surface area contributed by atoms with E-state index in [9.17, 15) is 14.9 Å². The molecular weight excluding hydrogens is 352 g/mol. The Kier molecular flexibility index (Phi) is 5.02. The minimum absolute atomic E-state index is 0.0755. The SMILES string of the molecule is Cc1nn(C)c(OC(=O)Oc2ccccc2)c1Nc1ccccc1[N+](=O)[O-]. The van der Waals surface area contributed by atoms with Gasteiger partial charge in [0.05, 0.1) is 10.6 Å². The van der Waals surface area contributed by atoms with E-state index in [1.165, 1.54) is 10.7 Å². The van der Waals surface area contributed by atoms with Crippen LogP contribution in [0.3, 0.4) is 0 Å².